The molecule has 3 aromatic carbocycles. The van der Waals surface area contributed by atoms with Crippen LogP contribution in [-0.4, -0.2) is 26.5 Å². The lowest BCUT2D eigenvalue weighted by Crippen LogP contribution is -2.17. The first-order chi connectivity index (χ1) is 17.5. The summed E-state index contributed by atoms with van der Waals surface area (Å²) in [5.74, 6) is -0.727. The number of nitrogens with zero attached hydrogens (tertiary/aromatic N) is 2. The van der Waals surface area contributed by atoms with E-state index in [0.29, 0.717) is 11.5 Å². The third-order valence-corrected chi connectivity index (χ3v) is 5.95. The second-order valence-electron chi connectivity index (χ2n) is 8.34. The molecule has 7 nitrogen and oxygen atoms in total. The van der Waals surface area contributed by atoms with E-state index in [-0.39, 0.29) is 23.3 Å². The Kier molecular flexibility index (Phi) is 6.19. The number of hydrogen-bond donors (Lipinski definition) is 2. The minimum atomic E-state index is -0.964. The summed E-state index contributed by atoms with van der Waals surface area (Å²) < 4.78 is 7.24. The number of carbonyl (C=O) groups excluding carboxylic acids is 1. The van der Waals surface area contributed by atoms with Gasteiger partial charge in [0, 0.05) is 0 Å². The van der Waals surface area contributed by atoms with Gasteiger partial charge in [-0.25, -0.2) is 9.78 Å². The number of aromatic carboxylic acids is 1. The van der Waals surface area contributed by atoms with E-state index in [1.807, 2.05) is 71.3 Å². The molecular weight excluding hydrogens is 454 g/mol. The summed E-state index contributed by atoms with van der Waals surface area (Å²) in [5.41, 5.74) is 4.57. The number of furan rings is 1. The van der Waals surface area contributed by atoms with E-state index in [2.05, 4.69) is 12.2 Å². The summed E-state index contributed by atoms with van der Waals surface area (Å²) in [6, 6.07) is 25.8. The summed E-state index contributed by atoms with van der Waals surface area (Å²) in [6.45, 7) is 2.06. The van der Waals surface area contributed by atoms with E-state index < -0.39 is 5.97 Å². The maximum atomic E-state index is 12.8. The zero-order chi connectivity index (χ0) is 25.1. The fourth-order valence-electron chi connectivity index (χ4n) is 4.12. The molecule has 0 aliphatic heterocycles. The van der Waals surface area contributed by atoms with Crippen molar-refractivity contribution in [2.45, 2.75) is 13.0 Å². The van der Waals surface area contributed by atoms with E-state index in [4.69, 9.17) is 9.40 Å². The first-order valence-corrected chi connectivity index (χ1v) is 11.4. The minimum absolute atomic E-state index is 0.0942. The second kappa shape index (κ2) is 9.76. The molecule has 0 aliphatic rings. The molecule has 1 amide bonds. The van der Waals surface area contributed by atoms with Crippen LogP contribution >= 0.6 is 0 Å². The number of amides is 1. The number of carboxylic acid groups (broad SMARTS) is 1. The van der Waals surface area contributed by atoms with Gasteiger partial charge < -0.3 is 14.1 Å². The van der Waals surface area contributed by atoms with Gasteiger partial charge in [0.2, 0.25) is 5.95 Å². The van der Waals surface area contributed by atoms with Gasteiger partial charge in [-0.2, -0.15) is 0 Å². The number of aromatic nitrogens is 2. The van der Waals surface area contributed by atoms with Gasteiger partial charge in [0.25, 0.3) is 5.91 Å². The highest BCUT2D eigenvalue weighted by Gasteiger charge is 2.20. The number of imidazole rings is 1. The van der Waals surface area contributed by atoms with E-state index in [1.165, 1.54) is 6.26 Å². The van der Waals surface area contributed by atoms with Gasteiger partial charge in [-0.3, -0.25) is 10.1 Å². The molecule has 0 bridgehead atoms. The SMILES string of the molecule is CC(c1ccccc1)n1c(NC(=O)c2ccco2)nc2cc(/C=C/c3cccc(C(=O)O)c3)ccc21. The van der Waals surface area contributed by atoms with Crippen LogP contribution in [-0.2, 0) is 0 Å². The Bertz CT molecular complexity index is 1570. The Morgan fingerprint density at radius 3 is 2.44 bits per heavy atom. The van der Waals surface area contributed by atoms with Gasteiger partial charge in [0.15, 0.2) is 5.76 Å². The van der Waals surface area contributed by atoms with Crippen LogP contribution in [0.5, 0.6) is 0 Å². The van der Waals surface area contributed by atoms with Crippen molar-refractivity contribution >= 4 is 41.0 Å². The number of fused-ring (bicyclic) bond motifs is 1. The lowest BCUT2D eigenvalue weighted by atomic mass is 10.1. The largest absolute Gasteiger partial charge is 0.478 e. The molecule has 36 heavy (non-hydrogen) atoms. The van der Waals surface area contributed by atoms with Gasteiger partial charge in [0.05, 0.1) is 28.9 Å². The van der Waals surface area contributed by atoms with Crippen molar-refractivity contribution in [1.29, 1.82) is 0 Å². The van der Waals surface area contributed by atoms with Crippen LogP contribution < -0.4 is 5.32 Å². The Morgan fingerprint density at radius 2 is 1.72 bits per heavy atom. The van der Waals surface area contributed by atoms with Crippen LogP contribution in [0.2, 0.25) is 0 Å². The lowest BCUT2D eigenvalue weighted by Gasteiger charge is -2.18. The Labute approximate surface area is 207 Å². The molecule has 5 aromatic rings. The van der Waals surface area contributed by atoms with Crippen molar-refractivity contribution in [1.82, 2.24) is 9.55 Å². The maximum Gasteiger partial charge on any atom is 0.335 e. The molecule has 1 atom stereocenters. The molecule has 0 radical (unpaired) electrons. The van der Waals surface area contributed by atoms with Gasteiger partial charge in [-0.15, -0.1) is 0 Å². The van der Waals surface area contributed by atoms with Crippen molar-refractivity contribution in [3.05, 3.63) is 119 Å². The molecule has 0 saturated carbocycles. The highest BCUT2D eigenvalue weighted by molar-refractivity contribution is 6.02. The highest BCUT2D eigenvalue weighted by Crippen LogP contribution is 2.30. The van der Waals surface area contributed by atoms with E-state index in [9.17, 15) is 14.7 Å². The predicted molar refractivity (Wildman–Crippen MR) is 139 cm³/mol. The van der Waals surface area contributed by atoms with Crippen molar-refractivity contribution in [3.63, 3.8) is 0 Å². The molecule has 1 unspecified atom stereocenters. The summed E-state index contributed by atoms with van der Waals surface area (Å²) in [7, 11) is 0. The molecule has 178 valence electrons. The molecule has 2 heterocycles. The molecule has 7 heteroatoms. The predicted octanol–water partition coefficient (Wildman–Crippen LogP) is 6.36. The van der Waals surface area contributed by atoms with E-state index in [0.717, 1.165) is 22.2 Å². The van der Waals surface area contributed by atoms with Crippen LogP contribution in [0.15, 0.2) is 95.6 Å². The fraction of sp³-hybridized carbons (Fsp3) is 0.0690. The molecular formula is C29H23N3O4. The maximum absolute atomic E-state index is 12.8. The molecule has 0 fully saturated rings. The number of carboxylic acids is 1. The monoisotopic (exact) mass is 477 g/mol. The van der Waals surface area contributed by atoms with Gasteiger partial charge >= 0.3 is 5.97 Å². The van der Waals surface area contributed by atoms with Crippen molar-refractivity contribution in [2.75, 3.05) is 5.32 Å². The average Bonchev–Trinajstić information content (AvgIpc) is 3.56. The average molecular weight is 478 g/mol. The Morgan fingerprint density at radius 1 is 0.944 bits per heavy atom. The number of benzene rings is 3. The number of hydrogen-bond acceptors (Lipinski definition) is 4. The van der Waals surface area contributed by atoms with Crippen LogP contribution in [0.25, 0.3) is 23.2 Å². The molecule has 5 rings (SSSR count). The quantitative estimate of drug-likeness (QED) is 0.266. The van der Waals surface area contributed by atoms with E-state index >= 15 is 0 Å². The zero-order valence-corrected chi connectivity index (χ0v) is 19.5. The summed E-state index contributed by atoms with van der Waals surface area (Å²) in [6.07, 6.45) is 5.22. The van der Waals surface area contributed by atoms with Crippen LogP contribution in [0.4, 0.5) is 5.95 Å². The number of anilines is 1. The van der Waals surface area contributed by atoms with Gasteiger partial charge in [-0.1, -0.05) is 60.7 Å². The highest BCUT2D eigenvalue weighted by atomic mass is 16.4. The zero-order valence-electron chi connectivity index (χ0n) is 19.5. The first-order valence-electron chi connectivity index (χ1n) is 11.4. The molecule has 2 aromatic heterocycles. The molecule has 0 saturated heterocycles. The number of carbonyl (C=O) groups is 2. The third kappa shape index (κ3) is 4.67. The smallest absolute Gasteiger partial charge is 0.335 e. The Hall–Kier alpha value is -4.91. The standard InChI is InChI=1S/C29H23N3O4/c1-19(22-8-3-2-4-9-22)32-25-15-14-21(13-12-20-7-5-10-23(17-20)28(34)35)18-24(25)30-29(32)31-27(33)26-11-6-16-36-26/h2-19H,1H3,(H,34,35)(H,30,31,33)/b13-12+. The molecule has 0 spiro atoms. The topological polar surface area (TPSA) is 97.4 Å². The van der Waals surface area contributed by atoms with Gasteiger partial charge in [-0.05, 0) is 60.0 Å². The van der Waals surface area contributed by atoms with Crippen LogP contribution in [0, 0.1) is 0 Å². The first kappa shape index (κ1) is 22.9. The molecule has 0 aliphatic carbocycles. The lowest BCUT2D eigenvalue weighted by molar-refractivity contribution is 0.0696. The van der Waals surface area contributed by atoms with Crippen molar-refractivity contribution in [2.24, 2.45) is 0 Å². The summed E-state index contributed by atoms with van der Waals surface area (Å²) >= 11 is 0. The third-order valence-electron chi connectivity index (χ3n) is 5.95. The number of nitrogens with one attached hydrogen (secondary N) is 1. The van der Waals surface area contributed by atoms with Gasteiger partial charge in [0.1, 0.15) is 0 Å². The molecule has 2 N–H and O–H groups in total. The van der Waals surface area contributed by atoms with E-state index in [1.54, 1.807) is 30.3 Å². The second-order valence-corrected chi connectivity index (χ2v) is 8.34. The summed E-state index contributed by atoms with van der Waals surface area (Å²) in [5, 5.41) is 12.1. The normalized spacial score (nSPS) is 12.1. The minimum Gasteiger partial charge on any atom is -0.478 e. The van der Waals surface area contributed by atoms with Crippen LogP contribution in [0.3, 0.4) is 0 Å². The fourth-order valence-corrected chi connectivity index (χ4v) is 4.12. The summed E-state index contributed by atoms with van der Waals surface area (Å²) in [4.78, 5) is 28.7. The van der Waals surface area contributed by atoms with Crippen LogP contribution in [0.1, 0.15) is 50.6 Å². The Balaban J connectivity index is 1.53. The number of rotatable bonds is 7. The van der Waals surface area contributed by atoms with Crippen molar-refractivity contribution < 1.29 is 19.1 Å². The van der Waals surface area contributed by atoms with Crippen molar-refractivity contribution in [3.8, 4) is 0 Å².